The average Bonchev–Trinajstić information content (AvgIpc) is 2.87. The summed E-state index contributed by atoms with van der Waals surface area (Å²) in [5.74, 6) is -1.15. The van der Waals surface area contributed by atoms with Gasteiger partial charge in [0.15, 0.2) is 6.61 Å². The van der Waals surface area contributed by atoms with Crippen molar-refractivity contribution in [3.8, 4) is 0 Å². The number of nitrogens with zero attached hydrogens (tertiary/aromatic N) is 1. The molecular formula is C26H28N2O5S. The summed E-state index contributed by atoms with van der Waals surface area (Å²) in [5.41, 5.74) is 3.45. The van der Waals surface area contributed by atoms with Crippen LogP contribution in [0.1, 0.15) is 35.3 Å². The fourth-order valence-corrected chi connectivity index (χ4v) is 4.69. The van der Waals surface area contributed by atoms with Crippen LogP contribution in [0.4, 0.5) is 11.4 Å². The normalized spacial score (nSPS) is 11.0. The minimum absolute atomic E-state index is 0.0383. The van der Waals surface area contributed by atoms with Gasteiger partial charge in [-0.05, 0) is 60.4 Å². The highest BCUT2D eigenvalue weighted by atomic mass is 32.2. The van der Waals surface area contributed by atoms with Crippen molar-refractivity contribution in [2.75, 3.05) is 23.3 Å². The third-order valence-electron chi connectivity index (χ3n) is 5.47. The van der Waals surface area contributed by atoms with Gasteiger partial charge in [0.25, 0.3) is 15.9 Å². The van der Waals surface area contributed by atoms with E-state index in [0.29, 0.717) is 5.69 Å². The molecule has 178 valence electrons. The maximum Gasteiger partial charge on any atom is 0.338 e. The molecule has 0 heterocycles. The van der Waals surface area contributed by atoms with Crippen molar-refractivity contribution in [1.29, 1.82) is 0 Å². The Morgan fingerprint density at radius 3 is 2.00 bits per heavy atom. The first-order valence-corrected chi connectivity index (χ1v) is 12.4. The summed E-state index contributed by atoms with van der Waals surface area (Å²) in [6, 6.07) is 20.0. The van der Waals surface area contributed by atoms with Crippen LogP contribution in [0.15, 0.2) is 77.7 Å². The molecule has 0 unspecified atom stereocenters. The number of ether oxygens (including phenoxy) is 1. The van der Waals surface area contributed by atoms with E-state index in [9.17, 15) is 18.0 Å². The van der Waals surface area contributed by atoms with Gasteiger partial charge < -0.3 is 10.1 Å². The van der Waals surface area contributed by atoms with E-state index in [-0.39, 0.29) is 10.5 Å². The Labute approximate surface area is 200 Å². The third-order valence-corrected chi connectivity index (χ3v) is 7.27. The molecule has 7 nitrogen and oxygen atoms in total. The van der Waals surface area contributed by atoms with Gasteiger partial charge in [-0.3, -0.25) is 9.10 Å². The minimum atomic E-state index is -3.79. The number of nitrogens with one attached hydrogen (secondary N) is 1. The second kappa shape index (κ2) is 11.0. The van der Waals surface area contributed by atoms with E-state index in [1.54, 1.807) is 30.3 Å². The number of rotatable bonds is 9. The zero-order chi connectivity index (χ0) is 24.7. The highest BCUT2D eigenvalue weighted by Crippen LogP contribution is 2.23. The van der Waals surface area contributed by atoms with E-state index in [2.05, 4.69) is 5.32 Å². The Balaban J connectivity index is 1.64. The molecule has 1 N–H and O–H groups in total. The Kier molecular flexibility index (Phi) is 8.07. The van der Waals surface area contributed by atoms with E-state index < -0.39 is 28.5 Å². The largest absolute Gasteiger partial charge is 0.452 e. The molecule has 3 aromatic rings. The standard InChI is InChI=1S/C26H28N2O5S/c1-4-19-10-9-11-20(5-2)25(19)27-24(29)18-33-26(30)21-14-16-23(17-15-21)34(31,32)28(3)22-12-7-6-8-13-22/h6-17H,4-5,18H2,1-3H3,(H,27,29). The topological polar surface area (TPSA) is 92.8 Å². The molecule has 0 aliphatic heterocycles. The molecule has 0 atom stereocenters. The predicted molar refractivity (Wildman–Crippen MR) is 133 cm³/mol. The van der Waals surface area contributed by atoms with Gasteiger partial charge in [-0.25, -0.2) is 13.2 Å². The van der Waals surface area contributed by atoms with E-state index in [4.69, 9.17) is 4.74 Å². The summed E-state index contributed by atoms with van der Waals surface area (Å²) < 4.78 is 32.0. The first-order chi connectivity index (χ1) is 16.3. The monoisotopic (exact) mass is 480 g/mol. The maximum absolute atomic E-state index is 12.9. The number of benzene rings is 3. The van der Waals surface area contributed by atoms with E-state index in [1.165, 1.54) is 35.6 Å². The number of carbonyl (C=O) groups excluding carboxylic acids is 2. The molecule has 0 fully saturated rings. The minimum Gasteiger partial charge on any atom is -0.452 e. The third kappa shape index (κ3) is 5.63. The van der Waals surface area contributed by atoms with Gasteiger partial charge in [0.1, 0.15) is 0 Å². The molecule has 34 heavy (non-hydrogen) atoms. The highest BCUT2D eigenvalue weighted by molar-refractivity contribution is 7.92. The van der Waals surface area contributed by atoms with Crippen molar-refractivity contribution < 1.29 is 22.7 Å². The van der Waals surface area contributed by atoms with Crippen LogP contribution in [-0.4, -0.2) is 33.9 Å². The fraction of sp³-hybridized carbons (Fsp3) is 0.231. The van der Waals surface area contributed by atoms with Gasteiger partial charge in [-0.2, -0.15) is 0 Å². The molecular weight excluding hydrogens is 452 g/mol. The smallest absolute Gasteiger partial charge is 0.338 e. The zero-order valence-corrected chi connectivity index (χ0v) is 20.3. The number of sulfonamides is 1. The average molecular weight is 481 g/mol. The summed E-state index contributed by atoms with van der Waals surface area (Å²) in [5, 5.41) is 2.84. The molecule has 0 bridgehead atoms. The van der Waals surface area contributed by atoms with Gasteiger partial charge in [0, 0.05) is 12.7 Å². The van der Waals surface area contributed by atoms with Crippen molar-refractivity contribution >= 4 is 33.3 Å². The zero-order valence-electron chi connectivity index (χ0n) is 19.4. The quantitative estimate of drug-likeness (QED) is 0.457. The summed E-state index contributed by atoms with van der Waals surface area (Å²) in [4.78, 5) is 24.8. The van der Waals surface area contributed by atoms with E-state index >= 15 is 0 Å². The Bertz CT molecular complexity index is 1230. The van der Waals surface area contributed by atoms with Crippen molar-refractivity contribution in [3.63, 3.8) is 0 Å². The van der Waals surface area contributed by atoms with Gasteiger partial charge in [-0.15, -0.1) is 0 Å². The maximum atomic E-state index is 12.9. The lowest BCUT2D eigenvalue weighted by Gasteiger charge is -2.19. The number of para-hydroxylation sites is 2. The van der Waals surface area contributed by atoms with Crippen LogP contribution >= 0.6 is 0 Å². The fourth-order valence-electron chi connectivity index (χ4n) is 3.49. The number of hydrogen-bond donors (Lipinski definition) is 1. The molecule has 0 saturated carbocycles. The van der Waals surface area contributed by atoms with Crippen molar-refractivity contribution in [1.82, 2.24) is 0 Å². The highest BCUT2D eigenvalue weighted by Gasteiger charge is 2.22. The molecule has 0 aliphatic carbocycles. The molecule has 3 rings (SSSR count). The molecule has 0 aliphatic rings. The summed E-state index contributed by atoms with van der Waals surface area (Å²) in [7, 11) is -2.33. The van der Waals surface area contributed by atoms with Crippen LogP contribution < -0.4 is 9.62 Å². The molecule has 0 spiro atoms. The lowest BCUT2D eigenvalue weighted by atomic mass is 10.0. The van der Waals surface area contributed by atoms with Gasteiger partial charge in [-0.1, -0.05) is 50.2 Å². The number of amides is 1. The molecule has 8 heteroatoms. The number of anilines is 2. The van der Waals surface area contributed by atoms with Crippen LogP contribution in [0.2, 0.25) is 0 Å². The molecule has 0 aromatic heterocycles. The van der Waals surface area contributed by atoms with Gasteiger partial charge >= 0.3 is 5.97 Å². The summed E-state index contributed by atoms with van der Waals surface area (Å²) in [6.45, 7) is 3.56. The van der Waals surface area contributed by atoms with Crippen LogP contribution in [-0.2, 0) is 32.4 Å². The van der Waals surface area contributed by atoms with Crippen molar-refractivity contribution in [2.45, 2.75) is 31.6 Å². The number of esters is 1. The molecule has 1 amide bonds. The predicted octanol–water partition coefficient (Wildman–Crippen LogP) is 4.43. The van der Waals surface area contributed by atoms with Crippen LogP contribution in [0.3, 0.4) is 0 Å². The molecule has 0 radical (unpaired) electrons. The Hall–Kier alpha value is -3.65. The molecule has 3 aromatic carbocycles. The van der Waals surface area contributed by atoms with Gasteiger partial charge in [0.2, 0.25) is 0 Å². The number of carbonyl (C=O) groups is 2. The van der Waals surface area contributed by atoms with E-state index in [0.717, 1.165) is 29.7 Å². The lowest BCUT2D eigenvalue weighted by Crippen LogP contribution is -2.26. The van der Waals surface area contributed by atoms with Crippen LogP contribution in [0, 0.1) is 0 Å². The second-order valence-electron chi connectivity index (χ2n) is 7.62. The number of aryl methyl sites for hydroxylation is 2. The first kappa shape index (κ1) is 25.0. The van der Waals surface area contributed by atoms with Crippen LogP contribution in [0.5, 0.6) is 0 Å². The van der Waals surface area contributed by atoms with Crippen molar-refractivity contribution in [3.05, 3.63) is 89.5 Å². The SMILES string of the molecule is CCc1cccc(CC)c1NC(=O)COC(=O)c1ccc(S(=O)(=O)N(C)c2ccccc2)cc1. The Morgan fingerprint density at radius 2 is 1.44 bits per heavy atom. The second-order valence-corrected chi connectivity index (χ2v) is 9.58. The Morgan fingerprint density at radius 1 is 0.853 bits per heavy atom. The molecule has 0 saturated heterocycles. The summed E-state index contributed by atoms with van der Waals surface area (Å²) >= 11 is 0. The van der Waals surface area contributed by atoms with E-state index in [1.807, 2.05) is 32.0 Å². The van der Waals surface area contributed by atoms with Crippen LogP contribution in [0.25, 0.3) is 0 Å². The summed E-state index contributed by atoms with van der Waals surface area (Å²) in [6.07, 6.45) is 1.52. The number of hydrogen-bond acceptors (Lipinski definition) is 5. The van der Waals surface area contributed by atoms with Gasteiger partial charge in [0.05, 0.1) is 16.1 Å². The first-order valence-electron chi connectivity index (χ1n) is 11.0. The van der Waals surface area contributed by atoms with Crippen molar-refractivity contribution in [2.24, 2.45) is 0 Å². The lowest BCUT2D eigenvalue weighted by molar-refractivity contribution is -0.119.